The Morgan fingerprint density at radius 1 is 1.31 bits per heavy atom. The fourth-order valence-electron chi connectivity index (χ4n) is 2.50. The van der Waals surface area contributed by atoms with Crippen LogP contribution in [0.2, 0.25) is 13.1 Å². The van der Waals surface area contributed by atoms with Crippen LogP contribution < -0.4 is 5.32 Å². The van der Waals surface area contributed by atoms with Gasteiger partial charge in [0.2, 0.25) is 11.7 Å². The topological polar surface area (TPSA) is 131 Å². The van der Waals surface area contributed by atoms with E-state index in [1.165, 1.54) is 7.11 Å². The first-order chi connectivity index (χ1) is 14.9. The van der Waals surface area contributed by atoms with Crippen molar-refractivity contribution >= 4 is 20.1 Å². The molecule has 0 saturated carbocycles. The maximum atomic E-state index is 11.9. The zero-order valence-electron chi connectivity index (χ0n) is 19.8. The van der Waals surface area contributed by atoms with E-state index in [-0.39, 0.29) is 18.1 Å². The van der Waals surface area contributed by atoms with Gasteiger partial charge in [-0.15, -0.1) is 0 Å². The molecule has 0 aliphatic carbocycles. The first-order valence-corrected chi connectivity index (χ1v) is 13.7. The molecule has 2 aromatic heterocycles. The van der Waals surface area contributed by atoms with Crippen molar-refractivity contribution in [1.29, 1.82) is 0 Å². The molecule has 32 heavy (non-hydrogen) atoms. The van der Waals surface area contributed by atoms with Crippen LogP contribution in [0.25, 0.3) is 11.5 Å². The predicted octanol–water partition coefficient (Wildman–Crippen LogP) is 2.71. The van der Waals surface area contributed by atoms with Crippen molar-refractivity contribution in [2.24, 2.45) is 0 Å². The lowest BCUT2D eigenvalue weighted by Gasteiger charge is -2.30. The third kappa shape index (κ3) is 8.08. The smallest absolute Gasteiger partial charge is 0.407 e. The van der Waals surface area contributed by atoms with E-state index >= 15 is 0 Å². The van der Waals surface area contributed by atoms with Crippen LogP contribution in [0.3, 0.4) is 0 Å². The van der Waals surface area contributed by atoms with Crippen molar-refractivity contribution in [2.45, 2.75) is 71.7 Å². The number of methoxy groups -OCH3 is 1. The molecule has 2 rings (SSSR count). The van der Waals surface area contributed by atoms with E-state index < -0.39 is 19.8 Å². The summed E-state index contributed by atoms with van der Waals surface area (Å²) >= 11 is 0. The van der Waals surface area contributed by atoms with Crippen molar-refractivity contribution in [3.05, 3.63) is 18.4 Å². The third-order valence-corrected chi connectivity index (χ3v) is 8.22. The number of esters is 1. The van der Waals surface area contributed by atoms with E-state index in [9.17, 15) is 9.59 Å². The van der Waals surface area contributed by atoms with E-state index in [1.54, 1.807) is 17.1 Å². The number of alkyl carbamates (subject to hydrolysis) is 1. The molecule has 0 radical (unpaired) electrons. The molecule has 0 fully saturated rings. The highest BCUT2D eigenvalue weighted by molar-refractivity contribution is 6.78. The first kappa shape index (κ1) is 25.5. The monoisotopic (exact) mass is 467 g/mol. The van der Waals surface area contributed by atoms with Crippen molar-refractivity contribution in [1.82, 2.24) is 25.0 Å². The van der Waals surface area contributed by atoms with Crippen LogP contribution in [-0.2, 0) is 32.2 Å². The number of imidazole rings is 1. The first-order valence-electron chi connectivity index (χ1n) is 10.4. The van der Waals surface area contributed by atoms with Crippen molar-refractivity contribution < 1.29 is 28.3 Å². The average molecular weight is 468 g/mol. The molecule has 2 heterocycles. The highest BCUT2D eigenvalue weighted by Crippen LogP contribution is 2.16. The summed E-state index contributed by atoms with van der Waals surface area (Å²) in [6.45, 7) is 12.1. The number of rotatable bonds is 10. The Morgan fingerprint density at radius 3 is 2.69 bits per heavy atom. The van der Waals surface area contributed by atoms with Gasteiger partial charge in [0, 0.05) is 24.5 Å². The predicted molar refractivity (Wildman–Crippen MR) is 118 cm³/mol. The Labute approximate surface area is 188 Å². The summed E-state index contributed by atoms with van der Waals surface area (Å²) in [7, 11) is -0.588. The molecule has 0 aliphatic heterocycles. The van der Waals surface area contributed by atoms with E-state index in [2.05, 4.69) is 38.3 Å². The van der Waals surface area contributed by atoms with Crippen molar-refractivity contribution in [2.75, 3.05) is 13.3 Å². The fraction of sp³-hybridized carbons (Fsp3) is 0.650. The van der Waals surface area contributed by atoms with Crippen LogP contribution in [0.4, 0.5) is 4.79 Å². The van der Waals surface area contributed by atoms with Gasteiger partial charge in [0.25, 0.3) is 0 Å². The number of aryl methyl sites for hydroxylation is 1. The molecule has 0 bridgehead atoms. The molecule has 0 aliphatic rings. The van der Waals surface area contributed by atoms with Gasteiger partial charge in [-0.05, 0) is 27.7 Å². The molecular weight excluding hydrogens is 434 g/mol. The zero-order valence-corrected chi connectivity index (χ0v) is 20.8. The molecular formula is C20H33N5O6Si. The second-order valence-electron chi connectivity index (χ2n) is 9.14. The molecule has 1 N–H and O–H groups in total. The highest BCUT2D eigenvalue weighted by Gasteiger charge is 2.31. The van der Waals surface area contributed by atoms with Gasteiger partial charge in [-0.1, -0.05) is 18.3 Å². The maximum Gasteiger partial charge on any atom is 0.407 e. The molecule has 1 amide bonds. The van der Waals surface area contributed by atoms with Crippen LogP contribution in [0.1, 0.15) is 40.0 Å². The van der Waals surface area contributed by atoms with Gasteiger partial charge in [0.15, 0.2) is 0 Å². The number of carbonyl (C=O) groups is 2. The molecule has 2 aromatic rings. The fourth-order valence-corrected chi connectivity index (χ4v) is 3.91. The summed E-state index contributed by atoms with van der Waals surface area (Å²) in [5, 5.41) is 6.76. The van der Waals surface area contributed by atoms with Crippen LogP contribution in [0.15, 0.2) is 17.0 Å². The van der Waals surface area contributed by atoms with Crippen LogP contribution in [-0.4, -0.2) is 64.4 Å². The van der Waals surface area contributed by atoms with Crippen LogP contribution in [0.5, 0.6) is 0 Å². The number of nitrogens with one attached hydrogen (secondary N) is 1. The summed E-state index contributed by atoms with van der Waals surface area (Å²) in [5.74, 6) is 0.344. The Balaban J connectivity index is 1.85. The van der Waals surface area contributed by atoms with Gasteiger partial charge in [-0.25, -0.2) is 9.78 Å². The molecule has 0 aromatic carbocycles. The van der Waals surface area contributed by atoms with E-state index in [0.717, 1.165) is 0 Å². The molecule has 178 valence electrons. The summed E-state index contributed by atoms with van der Waals surface area (Å²) in [5.41, 5.74) is -0.0199. The molecule has 0 saturated heterocycles. The number of hydrogen-bond donors (Lipinski definition) is 1. The minimum Gasteiger partial charge on any atom is -0.469 e. The molecule has 1 unspecified atom stereocenters. The zero-order chi connectivity index (χ0) is 23.9. The molecule has 12 heteroatoms. The Morgan fingerprint density at radius 2 is 2.03 bits per heavy atom. The lowest BCUT2D eigenvalue weighted by molar-refractivity contribution is -0.140. The maximum absolute atomic E-state index is 11.9. The summed E-state index contributed by atoms with van der Waals surface area (Å²) in [4.78, 5) is 31.7. The van der Waals surface area contributed by atoms with Crippen molar-refractivity contribution in [3.8, 4) is 11.5 Å². The largest absolute Gasteiger partial charge is 0.469 e. The summed E-state index contributed by atoms with van der Waals surface area (Å²) in [6.07, 6.45) is 3.97. The number of amides is 1. The van der Waals surface area contributed by atoms with Crippen LogP contribution in [0, 0.1) is 0 Å². The van der Waals surface area contributed by atoms with Gasteiger partial charge in [0.05, 0.1) is 19.9 Å². The van der Waals surface area contributed by atoms with E-state index in [0.29, 0.717) is 36.7 Å². The van der Waals surface area contributed by atoms with Gasteiger partial charge >= 0.3 is 12.1 Å². The minimum atomic E-state index is -1.92. The number of hydrogen-bond acceptors (Lipinski definition) is 9. The Hall–Kier alpha value is -2.73. The highest BCUT2D eigenvalue weighted by atomic mass is 28.3. The van der Waals surface area contributed by atoms with Crippen molar-refractivity contribution in [3.63, 3.8) is 0 Å². The summed E-state index contributed by atoms with van der Waals surface area (Å²) < 4.78 is 22.9. The number of ether oxygens (including phenoxy) is 3. The normalized spacial score (nSPS) is 13.0. The second-order valence-corrected chi connectivity index (χ2v) is 14.3. The standard InChI is InChI=1S/C20H33N5O6Si/c1-14(32(6,7)12-22-19(27)30-20(2,3)4)29-13-25-10-15(21-11-25)18-23-16(31-24-18)8-9-17(26)28-5/h10-11,14H,8-9,12-13H2,1-7H3,(H,22,27). The Kier molecular flexibility index (Phi) is 8.56. The SMILES string of the molecule is COC(=O)CCc1nc(-c2cn(COC(C)[Si](C)(C)CNC(=O)OC(C)(C)C)cn2)no1. The lowest BCUT2D eigenvalue weighted by Crippen LogP contribution is -2.52. The lowest BCUT2D eigenvalue weighted by atomic mass is 10.2. The van der Waals surface area contributed by atoms with Gasteiger partial charge in [0.1, 0.15) is 26.1 Å². The molecule has 11 nitrogen and oxygen atoms in total. The van der Waals surface area contributed by atoms with E-state index in [4.69, 9.17) is 14.0 Å². The Bertz CT molecular complexity index is 904. The summed E-state index contributed by atoms with van der Waals surface area (Å²) in [6, 6.07) is 0. The minimum absolute atomic E-state index is 0.0293. The second kappa shape index (κ2) is 10.7. The molecule has 1 atom stereocenters. The number of carbonyl (C=O) groups excluding carboxylic acids is 2. The number of aromatic nitrogens is 4. The van der Waals surface area contributed by atoms with Crippen LogP contribution >= 0.6 is 0 Å². The average Bonchev–Trinajstić information content (AvgIpc) is 3.36. The van der Waals surface area contributed by atoms with Gasteiger partial charge < -0.3 is 28.6 Å². The molecule has 0 spiro atoms. The number of nitrogens with zero attached hydrogens (tertiary/aromatic N) is 4. The third-order valence-electron chi connectivity index (χ3n) is 4.76. The quantitative estimate of drug-likeness (QED) is 0.414. The van der Waals surface area contributed by atoms with Gasteiger partial charge in [-0.2, -0.15) is 4.98 Å². The van der Waals surface area contributed by atoms with Gasteiger partial charge in [-0.3, -0.25) is 4.79 Å². The van der Waals surface area contributed by atoms with E-state index in [1.807, 2.05) is 27.7 Å².